The van der Waals surface area contributed by atoms with E-state index in [9.17, 15) is 14.7 Å². The maximum Gasteiger partial charge on any atom is 0.407 e. The second-order valence-electron chi connectivity index (χ2n) is 7.16. The van der Waals surface area contributed by atoms with Gasteiger partial charge in [-0.25, -0.2) is 9.78 Å². The third-order valence-corrected chi connectivity index (χ3v) is 5.55. The van der Waals surface area contributed by atoms with Gasteiger partial charge in [-0.3, -0.25) is 4.79 Å². The van der Waals surface area contributed by atoms with Gasteiger partial charge in [0.1, 0.15) is 0 Å². The molecule has 1 aliphatic heterocycles. The third kappa shape index (κ3) is 3.76. The van der Waals surface area contributed by atoms with E-state index in [1.807, 2.05) is 42.5 Å². The summed E-state index contributed by atoms with van der Waals surface area (Å²) in [7, 11) is 0. The summed E-state index contributed by atoms with van der Waals surface area (Å²) in [5.41, 5.74) is 2.87. The van der Waals surface area contributed by atoms with Gasteiger partial charge in [0.25, 0.3) is 5.91 Å². The van der Waals surface area contributed by atoms with E-state index in [4.69, 9.17) is 16.6 Å². The molecule has 29 heavy (non-hydrogen) atoms. The van der Waals surface area contributed by atoms with Crippen LogP contribution in [0.5, 0.6) is 0 Å². The summed E-state index contributed by atoms with van der Waals surface area (Å²) < 4.78 is 0. The number of carbonyl (C=O) groups excluding carboxylic acids is 1. The van der Waals surface area contributed by atoms with E-state index in [1.165, 1.54) is 4.90 Å². The van der Waals surface area contributed by atoms with Crippen molar-refractivity contribution in [2.75, 3.05) is 19.6 Å². The summed E-state index contributed by atoms with van der Waals surface area (Å²) in [6.45, 7) is 2.84. The van der Waals surface area contributed by atoms with Gasteiger partial charge in [0, 0.05) is 42.2 Å². The van der Waals surface area contributed by atoms with Crippen molar-refractivity contribution in [2.24, 2.45) is 0 Å². The van der Waals surface area contributed by atoms with E-state index in [2.05, 4.69) is 0 Å². The Hall–Kier alpha value is -3.12. The lowest BCUT2D eigenvalue weighted by molar-refractivity contribution is 0.0507. The van der Waals surface area contributed by atoms with E-state index in [1.54, 1.807) is 24.0 Å². The van der Waals surface area contributed by atoms with Gasteiger partial charge in [-0.05, 0) is 25.1 Å². The number of aromatic nitrogens is 1. The molecule has 4 rings (SSSR count). The second kappa shape index (κ2) is 7.72. The second-order valence-corrected chi connectivity index (χ2v) is 7.57. The fraction of sp³-hybridized carbons (Fsp3) is 0.227. The molecular weight excluding hydrogens is 390 g/mol. The molecule has 3 aromatic rings. The summed E-state index contributed by atoms with van der Waals surface area (Å²) >= 11 is 6.46. The molecular formula is C22H20ClN3O3. The predicted octanol–water partition coefficient (Wildman–Crippen LogP) is 4.38. The quantitative estimate of drug-likeness (QED) is 0.681. The van der Waals surface area contributed by atoms with E-state index in [0.29, 0.717) is 35.7 Å². The van der Waals surface area contributed by atoms with Crippen molar-refractivity contribution in [3.63, 3.8) is 0 Å². The number of benzene rings is 2. The van der Waals surface area contributed by atoms with Crippen LogP contribution >= 0.6 is 11.6 Å². The minimum absolute atomic E-state index is 0.133. The summed E-state index contributed by atoms with van der Waals surface area (Å²) in [6, 6.07) is 16.6. The van der Waals surface area contributed by atoms with Crippen LogP contribution in [0, 0.1) is 0 Å². The number of hydrogen-bond donors (Lipinski definition) is 1. The van der Waals surface area contributed by atoms with Crippen molar-refractivity contribution < 1.29 is 14.7 Å². The molecule has 7 heteroatoms. The molecule has 0 saturated carbocycles. The summed E-state index contributed by atoms with van der Waals surface area (Å²) in [6.07, 6.45) is -0.956. The fourth-order valence-electron chi connectivity index (χ4n) is 3.68. The van der Waals surface area contributed by atoms with Gasteiger partial charge >= 0.3 is 6.09 Å². The molecule has 1 aromatic heterocycles. The van der Waals surface area contributed by atoms with Crippen LogP contribution in [0.3, 0.4) is 0 Å². The molecule has 0 bridgehead atoms. The Morgan fingerprint density at radius 3 is 2.55 bits per heavy atom. The number of carboxylic acid groups (broad SMARTS) is 1. The van der Waals surface area contributed by atoms with Crippen molar-refractivity contribution in [2.45, 2.75) is 13.0 Å². The molecule has 1 N–H and O–H groups in total. The Balaban J connectivity index is 1.65. The molecule has 2 aromatic carbocycles. The lowest BCUT2D eigenvalue weighted by Crippen LogP contribution is -2.55. The number of nitrogens with zero attached hydrogens (tertiary/aromatic N) is 3. The van der Waals surface area contributed by atoms with Gasteiger partial charge in [0.05, 0.1) is 16.2 Å². The first-order chi connectivity index (χ1) is 13.9. The number of halogens is 1. The number of piperazine rings is 1. The zero-order valence-corrected chi connectivity index (χ0v) is 16.6. The lowest BCUT2D eigenvalue weighted by atomic mass is 10.1. The number of fused-ring (bicyclic) bond motifs is 1. The monoisotopic (exact) mass is 409 g/mol. The van der Waals surface area contributed by atoms with E-state index in [-0.39, 0.29) is 11.9 Å². The Kier molecular flexibility index (Phi) is 5.11. The predicted molar refractivity (Wildman–Crippen MR) is 112 cm³/mol. The van der Waals surface area contributed by atoms with Crippen LogP contribution in [0.25, 0.3) is 22.2 Å². The number of pyridine rings is 1. The number of carbonyl (C=O) groups is 2. The van der Waals surface area contributed by atoms with Gasteiger partial charge in [-0.15, -0.1) is 0 Å². The van der Waals surface area contributed by atoms with Gasteiger partial charge in [0.15, 0.2) is 0 Å². The van der Waals surface area contributed by atoms with Crippen LogP contribution in [0.4, 0.5) is 4.79 Å². The van der Waals surface area contributed by atoms with Crippen LogP contribution in [-0.4, -0.2) is 57.6 Å². The van der Waals surface area contributed by atoms with Crippen molar-refractivity contribution in [3.8, 4) is 11.3 Å². The number of amides is 2. The van der Waals surface area contributed by atoms with E-state index >= 15 is 0 Å². The highest BCUT2D eigenvalue weighted by atomic mass is 35.5. The Labute approximate surface area is 173 Å². The minimum Gasteiger partial charge on any atom is -0.465 e. The third-order valence-electron chi connectivity index (χ3n) is 5.24. The average Bonchev–Trinajstić information content (AvgIpc) is 2.73. The fourth-order valence-corrected chi connectivity index (χ4v) is 3.95. The Bertz CT molecular complexity index is 1090. The lowest BCUT2D eigenvalue weighted by Gasteiger charge is -2.38. The smallest absolute Gasteiger partial charge is 0.407 e. The van der Waals surface area contributed by atoms with Crippen molar-refractivity contribution in [1.29, 1.82) is 0 Å². The first kappa shape index (κ1) is 19.2. The van der Waals surface area contributed by atoms with Crippen molar-refractivity contribution in [1.82, 2.24) is 14.8 Å². The number of rotatable bonds is 2. The van der Waals surface area contributed by atoms with Gasteiger partial charge in [-0.1, -0.05) is 48.0 Å². The first-order valence-corrected chi connectivity index (χ1v) is 9.76. The standard InChI is InChI=1S/C22H20ClN3O3/c1-14-13-25(9-10-26(14)22(28)29)21(27)16-7-8-17-18(23)12-19(24-20(17)11-16)15-5-3-2-4-6-15/h2-8,11-12,14H,9-10,13H2,1H3,(H,28,29)/t14-/m1/s1. The average molecular weight is 410 g/mol. The van der Waals surface area contributed by atoms with Crippen molar-refractivity contribution >= 4 is 34.5 Å². The topological polar surface area (TPSA) is 73.7 Å². The molecule has 1 atom stereocenters. The molecule has 0 spiro atoms. The highest BCUT2D eigenvalue weighted by molar-refractivity contribution is 6.35. The molecule has 2 amide bonds. The normalized spacial score (nSPS) is 16.8. The minimum atomic E-state index is -0.956. The number of hydrogen-bond acceptors (Lipinski definition) is 3. The van der Waals surface area contributed by atoms with E-state index in [0.717, 1.165) is 16.6 Å². The van der Waals surface area contributed by atoms with Crippen LogP contribution < -0.4 is 0 Å². The molecule has 0 aliphatic carbocycles. The van der Waals surface area contributed by atoms with Crippen LogP contribution in [0.15, 0.2) is 54.6 Å². The first-order valence-electron chi connectivity index (χ1n) is 9.38. The van der Waals surface area contributed by atoms with Gasteiger partial charge in [-0.2, -0.15) is 0 Å². The largest absolute Gasteiger partial charge is 0.465 e. The Morgan fingerprint density at radius 2 is 1.86 bits per heavy atom. The van der Waals surface area contributed by atoms with Crippen molar-refractivity contribution in [3.05, 3.63) is 65.2 Å². The SMILES string of the molecule is C[C@@H]1CN(C(=O)c2ccc3c(Cl)cc(-c4ccccc4)nc3c2)CCN1C(=O)O. The highest BCUT2D eigenvalue weighted by Gasteiger charge is 2.30. The van der Waals surface area contributed by atoms with Gasteiger partial charge in [0.2, 0.25) is 0 Å². The molecule has 1 saturated heterocycles. The molecule has 0 radical (unpaired) electrons. The maximum atomic E-state index is 13.0. The molecule has 6 nitrogen and oxygen atoms in total. The molecule has 148 valence electrons. The van der Waals surface area contributed by atoms with Gasteiger partial charge < -0.3 is 14.9 Å². The highest BCUT2D eigenvalue weighted by Crippen LogP contribution is 2.29. The van der Waals surface area contributed by atoms with Crippen LogP contribution in [-0.2, 0) is 0 Å². The summed E-state index contributed by atoms with van der Waals surface area (Å²) in [4.78, 5) is 32.0. The molecule has 0 unspecified atom stereocenters. The van der Waals surface area contributed by atoms with E-state index < -0.39 is 6.09 Å². The zero-order chi connectivity index (χ0) is 20.5. The zero-order valence-electron chi connectivity index (χ0n) is 15.9. The molecule has 1 fully saturated rings. The van der Waals surface area contributed by atoms with Crippen LogP contribution in [0.2, 0.25) is 5.02 Å². The summed E-state index contributed by atoms with van der Waals surface area (Å²) in [5.74, 6) is -0.133. The van der Waals surface area contributed by atoms with Crippen LogP contribution in [0.1, 0.15) is 17.3 Å². The molecule has 1 aliphatic rings. The molecule has 2 heterocycles. The Morgan fingerprint density at radius 1 is 1.10 bits per heavy atom. The summed E-state index contributed by atoms with van der Waals surface area (Å²) in [5, 5.41) is 10.6. The maximum absolute atomic E-state index is 13.0.